The van der Waals surface area contributed by atoms with Crippen LogP contribution in [0, 0.1) is 0 Å². The first-order valence-electron chi connectivity index (χ1n) is 8.44. The lowest BCUT2D eigenvalue weighted by atomic mass is 10.0. The van der Waals surface area contributed by atoms with E-state index in [2.05, 4.69) is 25.6 Å². The maximum absolute atomic E-state index is 5.91. The Labute approximate surface area is 162 Å². The second-order valence-corrected chi connectivity index (χ2v) is 5.63. The highest BCUT2D eigenvalue weighted by atomic mass is 16.6. The summed E-state index contributed by atoms with van der Waals surface area (Å²) in [5.74, 6) is 0.823. The van der Waals surface area contributed by atoms with E-state index in [1.54, 1.807) is 0 Å². The van der Waals surface area contributed by atoms with Crippen molar-refractivity contribution in [2.45, 2.75) is 0 Å². The van der Waals surface area contributed by atoms with Crippen molar-refractivity contribution >= 4 is 29.2 Å². The maximum atomic E-state index is 5.91. The summed E-state index contributed by atoms with van der Waals surface area (Å²) >= 11 is 0. The molecule has 3 rings (SSSR count). The molecule has 0 radical (unpaired) electrons. The molecule has 0 spiro atoms. The standard InChI is InChI=1S/C20H20N6O2/c1-27-24-12-17-19(21)22-13-23-20(17)25-16-10-8-15(9-11-16)18(26-28-2)14-6-4-3-5-7-14/h3-13H,1-2H3,(H3,21,22,23,25)/b24-12+,26-18+. The number of aromatic nitrogens is 2. The van der Waals surface area contributed by atoms with Crippen molar-refractivity contribution in [1.82, 2.24) is 9.97 Å². The molecule has 0 fully saturated rings. The predicted molar refractivity (Wildman–Crippen MR) is 110 cm³/mol. The highest BCUT2D eigenvalue weighted by molar-refractivity contribution is 6.12. The highest BCUT2D eigenvalue weighted by Crippen LogP contribution is 2.21. The Morgan fingerprint density at radius 3 is 2.36 bits per heavy atom. The van der Waals surface area contributed by atoms with Gasteiger partial charge in [0.15, 0.2) is 0 Å². The zero-order chi connectivity index (χ0) is 19.8. The third-order valence-electron chi connectivity index (χ3n) is 3.85. The van der Waals surface area contributed by atoms with Gasteiger partial charge in [0.2, 0.25) is 0 Å². The number of benzene rings is 2. The van der Waals surface area contributed by atoms with Gasteiger partial charge in [-0.1, -0.05) is 52.8 Å². The number of nitrogen functional groups attached to an aromatic ring is 1. The van der Waals surface area contributed by atoms with E-state index in [1.807, 2.05) is 54.6 Å². The lowest BCUT2D eigenvalue weighted by Crippen LogP contribution is -2.06. The molecule has 2 aromatic carbocycles. The zero-order valence-corrected chi connectivity index (χ0v) is 15.5. The fourth-order valence-electron chi connectivity index (χ4n) is 2.55. The minimum absolute atomic E-state index is 0.300. The van der Waals surface area contributed by atoms with Crippen LogP contribution in [0.1, 0.15) is 16.7 Å². The van der Waals surface area contributed by atoms with E-state index in [9.17, 15) is 0 Å². The second kappa shape index (κ2) is 9.13. The van der Waals surface area contributed by atoms with Crippen LogP contribution in [0.15, 0.2) is 71.2 Å². The molecule has 142 valence electrons. The van der Waals surface area contributed by atoms with Gasteiger partial charge in [-0.2, -0.15) is 0 Å². The maximum Gasteiger partial charge on any atom is 0.144 e. The van der Waals surface area contributed by atoms with Crippen LogP contribution < -0.4 is 11.1 Å². The van der Waals surface area contributed by atoms with E-state index in [4.69, 9.17) is 15.4 Å². The summed E-state index contributed by atoms with van der Waals surface area (Å²) < 4.78 is 0. The molecule has 8 nitrogen and oxygen atoms in total. The molecule has 0 aliphatic heterocycles. The van der Waals surface area contributed by atoms with Gasteiger partial charge >= 0.3 is 0 Å². The molecule has 28 heavy (non-hydrogen) atoms. The van der Waals surface area contributed by atoms with E-state index in [1.165, 1.54) is 26.8 Å². The Balaban J connectivity index is 1.87. The highest BCUT2D eigenvalue weighted by Gasteiger charge is 2.10. The Morgan fingerprint density at radius 1 is 0.964 bits per heavy atom. The van der Waals surface area contributed by atoms with Gasteiger partial charge in [0.1, 0.15) is 37.9 Å². The Kier molecular flexibility index (Phi) is 6.14. The number of hydrogen-bond donors (Lipinski definition) is 2. The van der Waals surface area contributed by atoms with E-state index >= 15 is 0 Å². The summed E-state index contributed by atoms with van der Waals surface area (Å²) in [6.07, 6.45) is 2.85. The number of anilines is 3. The topological polar surface area (TPSA) is 107 Å². The molecular weight excluding hydrogens is 356 g/mol. The molecule has 0 saturated heterocycles. The molecule has 0 unspecified atom stereocenters. The number of rotatable bonds is 7. The molecular formula is C20H20N6O2. The van der Waals surface area contributed by atoms with Crippen LogP contribution >= 0.6 is 0 Å². The number of nitrogens with zero attached hydrogens (tertiary/aromatic N) is 4. The summed E-state index contributed by atoms with van der Waals surface area (Å²) in [6.45, 7) is 0. The van der Waals surface area contributed by atoms with Crippen LogP contribution in [0.25, 0.3) is 0 Å². The molecule has 8 heteroatoms. The molecule has 1 aromatic heterocycles. The summed E-state index contributed by atoms with van der Waals surface area (Å²) in [6, 6.07) is 17.6. The molecule has 3 aromatic rings. The third-order valence-corrected chi connectivity index (χ3v) is 3.85. The Morgan fingerprint density at radius 2 is 1.68 bits per heavy atom. The van der Waals surface area contributed by atoms with Crippen molar-refractivity contribution in [3.05, 3.63) is 77.6 Å². The minimum atomic E-state index is 0.300. The quantitative estimate of drug-likeness (QED) is 0.484. The molecule has 0 amide bonds. The molecule has 0 saturated carbocycles. The van der Waals surface area contributed by atoms with Gasteiger partial charge in [-0.3, -0.25) is 0 Å². The average molecular weight is 376 g/mol. The lowest BCUT2D eigenvalue weighted by molar-refractivity contribution is 0.214. The van der Waals surface area contributed by atoms with E-state index in [-0.39, 0.29) is 0 Å². The van der Waals surface area contributed by atoms with Crippen LogP contribution in [0.2, 0.25) is 0 Å². The van der Waals surface area contributed by atoms with Crippen molar-refractivity contribution in [3.8, 4) is 0 Å². The Bertz CT molecular complexity index is 972. The lowest BCUT2D eigenvalue weighted by Gasteiger charge is -2.11. The summed E-state index contributed by atoms with van der Waals surface area (Å²) in [4.78, 5) is 17.9. The predicted octanol–water partition coefficient (Wildman–Crippen LogP) is 3.18. The van der Waals surface area contributed by atoms with Gasteiger partial charge in [0, 0.05) is 16.8 Å². The van der Waals surface area contributed by atoms with Crippen LogP contribution in [0.3, 0.4) is 0 Å². The SMILES string of the molecule is CO/N=C/c1c(N)ncnc1Nc1ccc(/C(=N/OC)c2ccccc2)cc1. The first-order chi connectivity index (χ1) is 13.7. The second-order valence-electron chi connectivity index (χ2n) is 5.63. The van der Waals surface area contributed by atoms with Crippen molar-refractivity contribution < 1.29 is 9.68 Å². The van der Waals surface area contributed by atoms with Gasteiger partial charge in [0.05, 0.1) is 11.8 Å². The van der Waals surface area contributed by atoms with Crippen LogP contribution in [-0.2, 0) is 9.68 Å². The minimum Gasteiger partial charge on any atom is -0.399 e. The largest absolute Gasteiger partial charge is 0.399 e. The molecule has 3 N–H and O–H groups in total. The van der Waals surface area contributed by atoms with Crippen LogP contribution in [-0.4, -0.2) is 36.1 Å². The first-order valence-corrected chi connectivity index (χ1v) is 8.44. The average Bonchev–Trinajstić information content (AvgIpc) is 2.73. The number of nitrogens with two attached hydrogens (primary N) is 1. The van der Waals surface area contributed by atoms with E-state index in [0.29, 0.717) is 17.2 Å². The number of hydrogen-bond acceptors (Lipinski definition) is 8. The fraction of sp³-hybridized carbons (Fsp3) is 0.100. The molecule has 1 heterocycles. The third kappa shape index (κ3) is 4.42. The van der Waals surface area contributed by atoms with Gasteiger partial charge < -0.3 is 20.7 Å². The van der Waals surface area contributed by atoms with Crippen molar-refractivity contribution in [2.24, 2.45) is 10.3 Å². The van der Waals surface area contributed by atoms with Gasteiger partial charge in [-0.15, -0.1) is 0 Å². The monoisotopic (exact) mass is 376 g/mol. The molecule has 0 aliphatic carbocycles. The van der Waals surface area contributed by atoms with Gasteiger partial charge in [-0.25, -0.2) is 9.97 Å². The van der Waals surface area contributed by atoms with Crippen molar-refractivity contribution in [3.63, 3.8) is 0 Å². The first kappa shape index (κ1) is 18.8. The van der Waals surface area contributed by atoms with Crippen molar-refractivity contribution in [2.75, 3.05) is 25.3 Å². The summed E-state index contributed by atoms with van der Waals surface area (Å²) in [5.41, 5.74) is 9.90. The van der Waals surface area contributed by atoms with Gasteiger partial charge in [0.25, 0.3) is 0 Å². The Hall–Kier alpha value is -3.94. The molecule has 0 bridgehead atoms. The van der Waals surface area contributed by atoms with Crippen LogP contribution in [0.4, 0.5) is 17.3 Å². The smallest absolute Gasteiger partial charge is 0.144 e. The normalized spacial score (nSPS) is 11.4. The molecule has 0 atom stereocenters. The molecule has 0 aliphatic rings. The zero-order valence-electron chi connectivity index (χ0n) is 15.5. The summed E-state index contributed by atoms with van der Waals surface area (Å²) in [7, 11) is 2.98. The summed E-state index contributed by atoms with van der Waals surface area (Å²) in [5, 5.41) is 11.1. The van der Waals surface area contributed by atoms with E-state index < -0.39 is 0 Å². The van der Waals surface area contributed by atoms with Crippen LogP contribution in [0.5, 0.6) is 0 Å². The van der Waals surface area contributed by atoms with Gasteiger partial charge in [-0.05, 0) is 12.1 Å². The number of oxime groups is 2. The van der Waals surface area contributed by atoms with E-state index in [0.717, 1.165) is 22.5 Å². The fourth-order valence-corrected chi connectivity index (χ4v) is 2.55. The number of nitrogens with one attached hydrogen (secondary N) is 1. The van der Waals surface area contributed by atoms with Crippen molar-refractivity contribution in [1.29, 1.82) is 0 Å².